The summed E-state index contributed by atoms with van der Waals surface area (Å²) in [7, 11) is 0. The summed E-state index contributed by atoms with van der Waals surface area (Å²) in [5, 5.41) is 12.2. The van der Waals surface area contributed by atoms with Crippen LogP contribution in [0.5, 0.6) is 0 Å². The van der Waals surface area contributed by atoms with E-state index in [2.05, 4.69) is 5.32 Å². The Morgan fingerprint density at radius 2 is 1.71 bits per heavy atom. The fourth-order valence-electron chi connectivity index (χ4n) is 1.73. The average molecular weight is 295 g/mol. The number of hydrogen-bond donors (Lipinski definition) is 2. The van der Waals surface area contributed by atoms with Crippen LogP contribution in [0.1, 0.15) is 22.0 Å². The molecule has 2 aromatic rings. The Kier molecular flexibility index (Phi) is 4.59. The Morgan fingerprint density at radius 3 is 2.33 bits per heavy atom. The number of amides is 1. The molecule has 1 unspecified atom stereocenters. The van der Waals surface area contributed by atoms with E-state index in [0.717, 1.165) is 24.3 Å². The lowest BCUT2D eigenvalue weighted by Crippen LogP contribution is -2.28. The first-order chi connectivity index (χ1) is 9.97. The molecule has 0 aliphatic carbocycles. The van der Waals surface area contributed by atoms with E-state index in [-0.39, 0.29) is 17.7 Å². The first-order valence-corrected chi connectivity index (χ1v) is 6.14. The standard InChI is InChI=1S/C15H12F3NO2/c16-11-4-1-9(2-5-11)15(21)19-8-14(20)10-3-6-12(17)13(18)7-10/h1-7,14,20H,8H2,(H,19,21). The fraction of sp³-hybridized carbons (Fsp3) is 0.133. The molecule has 0 aliphatic rings. The first-order valence-electron chi connectivity index (χ1n) is 6.14. The molecular formula is C15H12F3NO2. The summed E-state index contributed by atoms with van der Waals surface area (Å²) in [6.45, 7) is -0.179. The second-order valence-corrected chi connectivity index (χ2v) is 4.41. The van der Waals surface area contributed by atoms with Crippen LogP contribution in [0.15, 0.2) is 42.5 Å². The van der Waals surface area contributed by atoms with Gasteiger partial charge in [-0.1, -0.05) is 6.07 Å². The van der Waals surface area contributed by atoms with Crippen LogP contribution in [0.3, 0.4) is 0 Å². The summed E-state index contributed by atoms with van der Waals surface area (Å²) in [5.74, 6) is -3.05. The number of halogens is 3. The highest BCUT2D eigenvalue weighted by atomic mass is 19.2. The molecule has 2 N–H and O–H groups in total. The molecule has 1 atom stereocenters. The predicted octanol–water partition coefficient (Wildman–Crippen LogP) is 2.57. The van der Waals surface area contributed by atoms with Gasteiger partial charge in [-0.3, -0.25) is 4.79 Å². The summed E-state index contributed by atoms with van der Waals surface area (Å²) in [5.41, 5.74) is 0.377. The molecule has 0 bridgehead atoms. The summed E-state index contributed by atoms with van der Waals surface area (Å²) in [6, 6.07) is 7.87. The number of aliphatic hydroxyl groups excluding tert-OH is 1. The summed E-state index contributed by atoms with van der Waals surface area (Å²) in [4.78, 5) is 11.7. The van der Waals surface area contributed by atoms with E-state index in [1.54, 1.807) is 0 Å². The van der Waals surface area contributed by atoms with Gasteiger partial charge in [0.05, 0.1) is 6.10 Å². The van der Waals surface area contributed by atoms with E-state index in [0.29, 0.717) is 0 Å². The quantitative estimate of drug-likeness (QED) is 0.911. The average Bonchev–Trinajstić information content (AvgIpc) is 2.48. The van der Waals surface area contributed by atoms with Crippen LogP contribution in [0.25, 0.3) is 0 Å². The Labute approximate surface area is 119 Å². The van der Waals surface area contributed by atoms with E-state index < -0.39 is 29.5 Å². The largest absolute Gasteiger partial charge is 0.387 e. The SMILES string of the molecule is O=C(NCC(O)c1ccc(F)c(F)c1)c1ccc(F)cc1. The van der Waals surface area contributed by atoms with E-state index in [4.69, 9.17) is 0 Å². The lowest BCUT2D eigenvalue weighted by molar-refractivity contribution is 0.0916. The van der Waals surface area contributed by atoms with Crippen molar-refractivity contribution < 1.29 is 23.1 Å². The molecule has 110 valence electrons. The van der Waals surface area contributed by atoms with Gasteiger partial charge in [0.25, 0.3) is 5.91 Å². The van der Waals surface area contributed by atoms with Crippen LogP contribution < -0.4 is 5.32 Å². The molecule has 21 heavy (non-hydrogen) atoms. The Bertz CT molecular complexity index is 644. The molecule has 2 rings (SSSR count). The molecule has 2 aromatic carbocycles. The number of carbonyl (C=O) groups is 1. The highest BCUT2D eigenvalue weighted by Gasteiger charge is 2.13. The third-order valence-corrected chi connectivity index (χ3v) is 2.89. The maximum Gasteiger partial charge on any atom is 0.251 e. The molecule has 0 aromatic heterocycles. The van der Waals surface area contributed by atoms with Gasteiger partial charge in [-0.2, -0.15) is 0 Å². The molecule has 0 heterocycles. The summed E-state index contributed by atoms with van der Waals surface area (Å²) in [6.07, 6.45) is -1.18. The van der Waals surface area contributed by atoms with Crippen molar-refractivity contribution in [3.8, 4) is 0 Å². The maximum atomic E-state index is 13.0. The van der Waals surface area contributed by atoms with Gasteiger partial charge in [0.15, 0.2) is 11.6 Å². The molecule has 6 heteroatoms. The number of carbonyl (C=O) groups excluding carboxylic acids is 1. The van der Waals surface area contributed by atoms with Gasteiger partial charge >= 0.3 is 0 Å². The predicted molar refractivity (Wildman–Crippen MR) is 70.1 cm³/mol. The normalized spacial score (nSPS) is 12.0. The Balaban J connectivity index is 1.97. The zero-order valence-electron chi connectivity index (χ0n) is 10.8. The number of hydrogen-bond acceptors (Lipinski definition) is 2. The second kappa shape index (κ2) is 6.41. The smallest absolute Gasteiger partial charge is 0.251 e. The number of rotatable bonds is 4. The second-order valence-electron chi connectivity index (χ2n) is 4.41. The molecule has 0 saturated heterocycles. The molecule has 1 amide bonds. The van der Waals surface area contributed by atoms with Crippen molar-refractivity contribution in [3.63, 3.8) is 0 Å². The molecular weight excluding hydrogens is 283 g/mol. The van der Waals surface area contributed by atoms with Gasteiger partial charge in [0.1, 0.15) is 5.82 Å². The van der Waals surface area contributed by atoms with Crippen LogP contribution in [0.2, 0.25) is 0 Å². The van der Waals surface area contributed by atoms with Gasteiger partial charge in [0, 0.05) is 12.1 Å². The molecule has 0 fully saturated rings. The molecule has 0 aliphatic heterocycles. The Hall–Kier alpha value is -2.34. The third kappa shape index (κ3) is 3.82. The third-order valence-electron chi connectivity index (χ3n) is 2.89. The topological polar surface area (TPSA) is 49.3 Å². The highest BCUT2D eigenvalue weighted by Crippen LogP contribution is 2.15. The minimum Gasteiger partial charge on any atom is -0.387 e. The summed E-state index contributed by atoms with van der Waals surface area (Å²) < 4.78 is 38.5. The molecule has 3 nitrogen and oxygen atoms in total. The van der Waals surface area contributed by atoms with Gasteiger partial charge < -0.3 is 10.4 Å². The zero-order chi connectivity index (χ0) is 15.4. The monoisotopic (exact) mass is 295 g/mol. The van der Waals surface area contributed by atoms with Crippen molar-refractivity contribution in [2.24, 2.45) is 0 Å². The lowest BCUT2D eigenvalue weighted by Gasteiger charge is -2.12. The van der Waals surface area contributed by atoms with Crippen LogP contribution in [-0.4, -0.2) is 17.6 Å². The molecule has 0 saturated carbocycles. The van der Waals surface area contributed by atoms with Gasteiger partial charge in [-0.15, -0.1) is 0 Å². The van der Waals surface area contributed by atoms with Crippen LogP contribution in [0.4, 0.5) is 13.2 Å². The molecule has 0 radical (unpaired) electrons. The minimum atomic E-state index is -1.18. The van der Waals surface area contributed by atoms with Crippen LogP contribution in [-0.2, 0) is 0 Å². The van der Waals surface area contributed by atoms with Crippen molar-refractivity contribution in [2.75, 3.05) is 6.54 Å². The van der Waals surface area contributed by atoms with Crippen LogP contribution in [0, 0.1) is 17.5 Å². The fourth-order valence-corrected chi connectivity index (χ4v) is 1.73. The van der Waals surface area contributed by atoms with Crippen molar-refractivity contribution in [3.05, 3.63) is 71.0 Å². The van der Waals surface area contributed by atoms with Crippen LogP contribution >= 0.6 is 0 Å². The number of benzene rings is 2. The van der Waals surface area contributed by atoms with E-state index in [1.165, 1.54) is 18.2 Å². The first kappa shape index (κ1) is 15.1. The Morgan fingerprint density at radius 1 is 1.05 bits per heavy atom. The van der Waals surface area contributed by atoms with Crippen molar-refractivity contribution in [1.29, 1.82) is 0 Å². The van der Waals surface area contributed by atoms with Gasteiger partial charge in [-0.25, -0.2) is 13.2 Å². The van der Waals surface area contributed by atoms with E-state index >= 15 is 0 Å². The van der Waals surface area contributed by atoms with Crippen molar-refractivity contribution >= 4 is 5.91 Å². The minimum absolute atomic E-state index is 0.147. The van der Waals surface area contributed by atoms with Crippen molar-refractivity contribution in [2.45, 2.75) is 6.10 Å². The van der Waals surface area contributed by atoms with E-state index in [9.17, 15) is 23.1 Å². The van der Waals surface area contributed by atoms with Crippen molar-refractivity contribution in [1.82, 2.24) is 5.32 Å². The maximum absolute atomic E-state index is 13.0. The van der Waals surface area contributed by atoms with E-state index in [1.807, 2.05) is 0 Å². The molecule has 0 spiro atoms. The number of nitrogens with one attached hydrogen (secondary N) is 1. The number of aliphatic hydroxyl groups is 1. The summed E-state index contributed by atoms with van der Waals surface area (Å²) >= 11 is 0. The van der Waals surface area contributed by atoms with Gasteiger partial charge in [0.2, 0.25) is 0 Å². The van der Waals surface area contributed by atoms with Gasteiger partial charge in [-0.05, 0) is 42.0 Å². The lowest BCUT2D eigenvalue weighted by atomic mass is 10.1. The zero-order valence-corrected chi connectivity index (χ0v) is 10.8. The highest BCUT2D eigenvalue weighted by molar-refractivity contribution is 5.94.